The van der Waals surface area contributed by atoms with Gasteiger partial charge in [0, 0.05) is 0 Å². The van der Waals surface area contributed by atoms with E-state index in [-0.39, 0.29) is 24.5 Å². The van der Waals surface area contributed by atoms with Gasteiger partial charge in [0.1, 0.15) is 29.8 Å². The zero-order valence-corrected chi connectivity index (χ0v) is 16.9. The number of hydrogen-bond donors (Lipinski definition) is 1. The van der Waals surface area contributed by atoms with Gasteiger partial charge in [0.15, 0.2) is 11.5 Å². The zero-order chi connectivity index (χ0) is 22.1. The summed E-state index contributed by atoms with van der Waals surface area (Å²) in [6.45, 7) is 2.59. The molecule has 0 radical (unpaired) electrons. The minimum atomic E-state index is -0.511. The number of nitrogens with one attached hydrogen (secondary N) is 1. The third kappa shape index (κ3) is 6.21. The average Bonchev–Trinajstić information content (AvgIpc) is 3.29. The molecule has 31 heavy (non-hydrogen) atoms. The molecule has 0 saturated heterocycles. The molecule has 0 aliphatic carbocycles. The van der Waals surface area contributed by atoms with E-state index in [0.717, 1.165) is 0 Å². The first kappa shape index (κ1) is 21.7. The fourth-order valence-electron chi connectivity index (χ4n) is 2.78. The van der Waals surface area contributed by atoms with E-state index in [0.29, 0.717) is 35.0 Å². The average molecular weight is 420 g/mol. The number of ether oxygens (including phenoxy) is 2. The summed E-state index contributed by atoms with van der Waals surface area (Å²) < 4.78 is 29.9. The van der Waals surface area contributed by atoms with Crippen molar-refractivity contribution in [3.05, 3.63) is 89.1 Å². The van der Waals surface area contributed by atoms with Gasteiger partial charge in [-0.05, 0) is 60.5 Å². The van der Waals surface area contributed by atoms with Crippen molar-refractivity contribution in [2.75, 3.05) is 6.61 Å². The normalized spacial score (nSPS) is 10.9. The lowest BCUT2D eigenvalue weighted by Crippen LogP contribution is -2.23. The Kier molecular flexibility index (Phi) is 7.44. The maximum atomic E-state index is 13.4. The number of carbonyl (C=O) groups excluding carboxylic acids is 1. The molecule has 158 valence electrons. The molecule has 1 heterocycles. The lowest BCUT2D eigenvalue weighted by molar-refractivity contribution is -0.117. The first-order valence-electron chi connectivity index (χ1n) is 9.65. The van der Waals surface area contributed by atoms with Crippen molar-refractivity contribution < 1.29 is 23.1 Å². The van der Waals surface area contributed by atoms with Crippen molar-refractivity contribution in [2.24, 2.45) is 0 Å². The second-order valence-electron chi connectivity index (χ2n) is 6.49. The molecule has 0 fully saturated rings. The van der Waals surface area contributed by atoms with Gasteiger partial charge < -0.3 is 19.2 Å². The highest BCUT2D eigenvalue weighted by Crippen LogP contribution is 2.30. The lowest BCUT2D eigenvalue weighted by atomic mass is 10.1. The van der Waals surface area contributed by atoms with Crippen LogP contribution in [0.2, 0.25) is 0 Å². The van der Waals surface area contributed by atoms with Gasteiger partial charge in [-0.3, -0.25) is 4.79 Å². The van der Waals surface area contributed by atoms with Crippen LogP contribution in [0.1, 0.15) is 23.8 Å². The van der Waals surface area contributed by atoms with Crippen molar-refractivity contribution >= 4 is 12.0 Å². The standard InChI is InChI=1S/C24H21FN2O4/c1-2-29-23-13-17(8-9-22(23)31-16-18-5-3-6-20(25)12-18)11-19(14-26)24(28)27-15-21-7-4-10-30-21/h3-13H,2,15-16H2,1H3,(H,27,28)/b19-11+. The second kappa shape index (κ2) is 10.6. The molecular weight excluding hydrogens is 399 g/mol. The van der Waals surface area contributed by atoms with E-state index in [1.807, 2.05) is 13.0 Å². The fourth-order valence-corrected chi connectivity index (χ4v) is 2.78. The summed E-state index contributed by atoms with van der Waals surface area (Å²) in [6, 6.07) is 16.6. The molecule has 7 heteroatoms. The van der Waals surface area contributed by atoms with Gasteiger partial charge >= 0.3 is 0 Å². The first-order valence-corrected chi connectivity index (χ1v) is 9.65. The van der Waals surface area contributed by atoms with E-state index >= 15 is 0 Å². The molecule has 2 aromatic carbocycles. The Morgan fingerprint density at radius 2 is 2.03 bits per heavy atom. The van der Waals surface area contributed by atoms with Crippen molar-refractivity contribution in [1.82, 2.24) is 5.32 Å². The molecule has 0 saturated carbocycles. The van der Waals surface area contributed by atoms with Gasteiger partial charge in [-0.25, -0.2) is 4.39 Å². The zero-order valence-electron chi connectivity index (χ0n) is 16.9. The van der Waals surface area contributed by atoms with Crippen LogP contribution in [0.15, 0.2) is 70.9 Å². The molecule has 3 rings (SSSR count). The molecular formula is C24H21FN2O4. The summed E-state index contributed by atoms with van der Waals surface area (Å²) in [6.07, 6.45) is 2.98. The van der Waals surface area contributed by atoms with Crippen LogP contribution in [-0.2, 0) is 17.9 Å². The molecule has 0 unspecified atom stereocenters. The molecule has 0 aliphatic heterocycles. The van der Waals surface area contributed by atoms with Crippen molar-refractivity contribution in [2.45, 2.75) is 20.1 Å². The summed E-state index contributed by atoms with van der Waals surface area (Å²) in [7, 11) is 0. The van der Waals surface area contributed by atoms with E-state index in [2.05, 4.69) is 5.32 Å². The minimum absolute atomic E-state index is 0.0533. The maximum absolute atomic E-state index is 13.4. The van der Waals surface area contributed by atoms with Crippen LogP contribution in [0.3, 0.4) is 0 Å². The Labute approximate surface area is 179 Å². The SMILES string of the molecule is CCOc1cc(/C=C(\C#N)C(=O)NCc2ccco2)ccc1OCc1cccc(F)c1. The molecule has 1 N–H and O–H groups in total. The fraction of sp³-hybridized carbons (Fsp3) is 0.167. The first-order chi connectivity index (χ1) is 15.1. The van der Waals surface area contributed by atoms with E-state index in [9.17, 15) is 14.4 Å². The highest BCUT2D eigenvalue weighted by atomic mass is 19.1. The Bertz CT molecular complexity index is 1100. The van der Waals surface area contributed by atoms with Crippen molar-refractivity contribution in [3.8, 4) is 17.6 Å². The predicted octanol–water partition coefficient (Wildman–Crippen LogP) is 4.62. The van der Waals surface area contributed by atoms with E-state index in [1.165, 1.54) is 24.5 Å². The Hall–Kier alpha value is -4.05. The van der Waals surface area contributed by atoms with Gasteiger partial charge in [-0.1, -0.05) is 18.2 Å². The third-order valence-electron chi connectivity index (χ3n) is 4.23. The molecule has 0 aliphatic rings. The highest BCUT2D eigenvalue weighted by Gasteiger charge is 2.12. The quantitative estimate of drug-likeness (QED) is 0.403. The van der Waals surface area contributed by atoms with E-state index in [4.69, 9.17) is 13.9 Å². The Morgan fingerprint density at radius 1 is 1.16 bits per heavy atom. The Morgan fingerprint density at radius 3 is 2.74 bits per heavy atom. The summed E-state index contributed by atoms with van der Waals surface area (Å²) in [4.78, 5) is 12.3. The summed E-state index contributed by atoms with van der Waals surface area (Å²) >= 11 is 0. The number of furan rings is 1. The molecule has 0 spiro atoms. The predicted molar refractivity (Wildman–Crippen MR) is 112 cm³/mol. The van der Waals surface area contributed by atoms with E-state index in [1.54, 1.807) is 42.5 Å². The van der Waals surface area contributed by atoms with Crippen LogP contribution in [0, 0.1) is 17.1 Å². The number of rotatable bonds is 9. The summed E-state index contributed by atoms with van der Waals surface area (Å²) in [5.74, 6) is 0.679. The monoisotopic (exact) mass is 420 g/mol. The number of hydrogen-bond acceptors (Lipinski definition) is 5. The third-order valence-corrected chi connectivity index (χ3v) is 4.23. The second-order valence-corrected chi connectivity index (χ2v) is 6.49. The van der Waals surface area contributed by atoms with Gasteiger partial charge in [0.2, 0.25) is 0 Å². The minimum Gasteiger partial charge on any atom is -0.490 e. The van der Waals surface area contributed by atoms with Gasteiger partial charge in [-0.2, -0.15) is 5.26 Å². The molecule has 1 amide bonds. The number of carbonyl (C=O) groups is 1. The molecule has 6 nitrogen and oxygen atoms in total. The number of amides is 1. The van der Waals surface area contributed by atoms with Crippen LogP contribution in [0.25, 0.3) is 6.08 Å². The molecule has 0 bridgehead atoms. The maximum Gasteiger partial charge on any atom is 0.262 e. The van der Waals surface area contributed by atoms with Crippen LogP contribution in [0.5, 0.6) is 11.5 Å². The number of benzene rings is 2. The highest BCUT2D eigenvalue weighted by molar-refractivity contribution is 6.01. The summed E-state index contributed by atoms with van der Waals surface area (Å²) in [5, 5.41) is 12.0. The topological polar surface area (TPSA) is 84.5 Å². The number of halogens is 1. The summed E-state index contributed by atoms with van der Waals surface area (Å²) in [5.41, 5.74) is 1.24. The van der Waals surface area contributed by atoms with Crippen LogP contribution in [-0.4, -0.2) is 12.5 Å². The van der Waals surface area contributed by atoms with Gasteiger partial charge in [0.05, 0.1) is 19.4 Å². The molecule has 0 atom stereocenters. The van der Waals surface area contributed by atoms with Gasteiger partial charge in [0.25, 0.3) is 5.91 Å². The molecule has 3 aromatic rings. The van der Waals surface area contributed by atoms with Crippen molar-refractivity contribution in [3.63, 3.8) is 0 Å². The van der Waals surface area contributed by atoms with Crippen LogP contribution in [0.4, 0.5) is 4.39 Å². The smallest absolute Gasteiger partial charge is 0.262 e. The van der Waals surface area contributed by atoms with Gasteiger partial charge in [-0.15, -0.1) is 0 Å². The van der Waals surface area contributed by atoms with Crippen LogP contribution >= 0.6 is 0 Å². The van der Waals surface area contributed by atoms with E-state index < -0.39 is 5.91 Å². The number of nitriles is 1. The lowest BCUT2D eigenvalue weighted by Gasteiger charge is -2.13. The Balaban J connectivity index is 1.73. The van der Waals surface area contributed by atoms with Crippen LogP contribution < -0.4 is 14.8 Å². The largest absolute Gasteiger partial charge is 0.490 e. The number of nitrogens with zero attached hydrogens (tertiary/aromatic N) is 1. The van der Waals surface area contributed by atoms with Crippen molar-refractivity contribution in [1.29, 1.82) is 5.26 Å². The molecule has 1 aromatic heterocycles.